The molecule has 2 unspecified atom stereocenters. The Balaban J connectivity index is 0.000000176. The number of aliphatic hydroxyl groups excluding tert-OH is 2. The number of hydrogen-bond donors (Lipinski definition) is 4. The first-order valence-corrected chi connectivity index (χ1v) is 9.63. The van der Waals surface area contributed by atoms with Gasteiger partial charge in [0.25, 0.3) is 11.4 Å². The van der Waals surface area contributed by atoms with Crippen LogP contribution in [0.5, 0.6) is 0 Å². The van der Waals surface area contributed by atoms with Gasteiger partial charge in [0.15, 0.2) is 0 Å². The van der Waals surface area contributed by atoms with Crippen molar-refractivity contribution in [2.45, 2.75) is 12.8 Å². The fraction of sp³-hybridized carbons (Fsp3) is 0.350. The van der Waals surface area contributed by atoms with Crippen molar-refractivity contribution in [3.05, 3.63) is 67.8 Å². The van der Waals surface area contributed by atoms with Crippen molar-refractivity contribution in [1.82, 2.24) is 0 Å². The molecule has 11 heteroatoms. The molecule has 2 aliphatic heterocycles. The third-order valence-electron chi connectivity index (χ3n) is 5.27. The minimum Gasteiger partial charge on any atom is -0.396 e. The van der Waals surface area contributed by atoms with Gasteiger partial charge < -0.3 is 20.8 Å². The smallest absolute Gasteiger partial charge is 0.271 e. The topological polar surface area (TPSA) is 168 Å². The fourth-order valence-electron chi connectivity index (χ4n) is 3.50. The second-order valence-electron chi connectivity index (χ2n) is 7.40. The summed E-state index contributed by atoms with van der Waals surface area (Å²) in [4.78, 5) is 31.6. The maximum absolute atomic E-state index is 11.4. The van der Waals surface area contributed by atoms with Gasteiger partial charge in [-0.15, -0.1) is 0 Å². The molecule has 2 atom stereocenters. The first-order valence-electron chi connectivity index (χ1n) is 9.63. The van der Waals surface area contributed by atoms with Crippen LogP contribution in [0.3, 0.4) is 0 Å². The molecule has 0 radical (unpaired) electrons. The van der Waals surface area contributed by atoms with Gasteiger partial charge in [-0.2, -0.15) is 0 Å². The van der Waals surface area contributed by atoms with Gasteiger partial charge in [0.1, 0.15) is 0 Å². The van der Waals surface area contributed by atoms with Crippen molar-refractivity contribution in [1.29, 1.82) is 0 Å². The molecule has 11 nitrogen and oxygen atoms in total. The predicted octanol–water partition coefficient (Wildman–Crippen LogP) is 1.87. The largest absolute Gasteiger partial charge is 0.396 e. The van der Waals surface area contributed by atoms with E-state index in [0.717, 1.165) is 23.2 Å². The first-order chi connectivity index (χ1) is 14.8. The number of anilines is 2. The number of nitro benzene ring substituents is 2. The van der Waals surface area contributed by atoms with E-state index in [1.807, 2.05) is 0 Å². The molecule has 31 heavy (non-hydrogen) atoms. The van der Waals surface area contributed by atoms with Crippen molar-refractivity contribution in [3.8, 4) is 0 Å². The number of non-ortho nitro benzene ring substituents is 2. The zero-order valence-electron chi connectivity index (χ0n) is 16.5. The van der Waals surface area contributed by atoms with Crippen LogP contribution >= 0.6 is 0 Å². The molecule has 4 N–H and O–H groups in total. The van der Waals surface area contributed by atoms with E-state index in [1.54, 1.807) is 18.2 Å². The Kier molecular flexibility index (Phi) is 6.78. The van der Waals surface area contributed by atoms with Gasteiger partial charge >= 0.3 is 0 Å². The van der Waals surface area contributed by atoms with E-state index >= 15 is 0 Å². The van der Waals surface area contributed by atoms with Crippen LogP contribution in [0.4, 0.5) is 22.7 Å². The van der Waals surface area contributed by atoms with Gasteiger partial charge in [-0.3, -0.25) is 25.0 Å². The third-order valence-corrected chi connectivity index (χ3v) is 5.27. The van der Waals surface area contributed by atoms with Gasteiger partial charge in [-0.05, 0) is 24.0 Å². The number of hydrogen-bond acceptors (Lipinski definition) is 8. The monoisotopic (exact) mass is 430 g/mol. The Labute approximate surface area is 177 Å². The average molecular weight is 430 g/mol. The molecule has 0 bridgehead atoms. The second kappa shape index (κ2) is 9.49. The van der Waals surface area contributed by atoms with Crippen LogP contribution < -0.4 is 10.6 Å². The lowest BCUT2D eigenvalue weighted by Gasteiger charge is -2.24. The summed E-state index contributed by atoms with van der Waals surface area (Å²) in [6, 6.07) is 9.13. The molecule has 2 aromatic carbocycles. The Morgan fingerprint density at radius 3 is 2.03 bits per heavy atom. The van der Waals surface area contributed by atoms with Crippen LogP contribution in [0.25, 0.3) is 0 Å². The normalized spacial score (nSPS) is 19.0. The van der Waals surface area contributed by atoms with Crippen LogP contribution in [-0.2, 0) is 17.6 Å². The van der Waals surface area contributed by atoms with Crippen molar-refractivity contribution >= 4 is 28.7 Å². The zero-order valence-corrected chi connectivity index (χ0v) is 16.5. The number of rotatable bonds is 4. The lowest BCUT2D eigenvalue weighted by atomic mass is 9.93. The number of nitro groups is 2. The van der Waals surface area contributed by atoms with Gasteiger partial charge in [0.2, 0.25) is 5.91 Å². The fourth-order valence-corrected chi connectivity index (χ4v) is 3.50. The summed E-state index contributed by atoms with van der Waals surface area (Å²) in [6.07, 6.45) is 1.19. The molecule has 0 aromatic heterocycles. The molecule has 0 aliphatic carbocycles. The van der Waals surface area contributed by atoms with Gasteiger partial charge in [0.05, 0.1) is 28.1 Å². The summed E-state index contributed by atoms with van der Waals surface area (Å²) >= 11 is 0. The van der Waals surface area contributed by atoms with Gasteiger partial charge in [-0.25, -0.2) is 0 Å². The van der Waals surface area contributed by atoms with E-state index in [9.17, 15) is 25.0 Å². The summed E-state index contributed by atoms with van der Waals surface area (Å²) in [6.45, 7) is 0.594. The van der Waals surface area contributed by atoms with Crippen LogP contribution in [0.1, 0.15) is 11.1 Å². The highest BCUT2D eigenvalue weighted by Gasteiger charge is 2.26. The molecule has 2 heterocycles. The maximum Gasteiger partial charge on any atom is 0.271 e. The Morgan fingerprint density at radius 1 is 0.903 bits per heavy atom. The average Bonchev–Trinajstić information content (AvgIpc) is 2.77. The summed E-state index contributed by atoms with van der Waals surface area (Å²) in [7, 11) is 0. The molecule has 2 aliphatic rings. The maximum atomic E-state index is 11.4. The van der Waals surface area contributed by atoms with Crippen LogP contribution in [0, 0.1) is 32.1 Å². The Morgan fingerprint density at radius 2 is 1.48 bits per heavy atom. The standard InChI is InChI=1S/C10H10N2O4.C10H12N2O3/c13-5-7-3-6-1-2-8(12(15)16)4-9(6)11-10(7)14;13-6-7-3-8-1-2-9(12(14)15)4-10(8)11-5-7/h1-2,4,7,13H,3,5H2,(H,11,14);1-2,4,7,11,13H,3,5-6H2. The van der Waals surface area contributed by atoms with Crippen LogP contribution in [-0.4, -0.2) is 45.7 Å². The van der Waals surface area contributed by atoms with Crippen molar-refractivity contribution in [2.24, 2.45) is 11.8 Å². The van der Waals surface area contributed by atoms with Crippen molar-refractivity contribution in [3.63, 3.8) is 0 Å². The molecule has 0 saturated carbocycles. The SMILES string of the molecule is O=C1Nc2cc([N+](=O)[O-])ccc2CC1CO.O=[N+]([O-])c1ccc2c(c1)NCC(CO)C2. The Bertz CT molecular complexity index is 1010. The van der Waals surface area contributed by atoms with Crippen LogP contribution in [0.15, 0.2) is 36.4 Å². The van der Waals surface area contributed by atoms with Gasteiger partial charge in [-0.1, -0.05) is 12.1 Å². The first kappa shape index (κ1) is 22.1. The number of nitrogens with one attached hydrogen (secondary N) is 2. The lowest BCUT2D eigenvalue weighted by molar-refractivity contribution is -0.385. The molecule has 0 fully saturated rings. The third kappa shape index (κ3) is 5.13. The van der Waals surface area contributed by atoms with E-state index in [0.29, 0.717) is 18.7 Å². The van der Waals surface area contributed by atoms with Crippen LogP contribution in [0.2, 0.25) is 0 Å². The number of carbonyl (C=O) groups is 1. The molecule has 0 spiro atoms. The van der Waals surface area contributed by atoms with Crippen molar-refractivity contribution in [2.75, 3.05) is 30.4 Å². The van der Waals surface area contributed by atoms with E-state index in [4.69, 9.17) is 10.2 Å². The molecule has 0 saturated heterocycles. The number of aliphatic hydroxyl groups is 2. The summed E-state index contributed by atoms with van der Waals surface area (Å²) in [5, 5.41) is 44.7. The molecular formula is C20H22N4O7. The quantitative estimate of drug-likeness (QED) is 0.421. The highest BCUT2D eigenvalue weighted by atomic mass is 16.6. The molecule has 4 rings (SSSR count). The van der Waals surface area contributed by atoms with E-state index in [-0.39, 0.29) is 36.4 Å². The number of carbonyl (C=O) groups excluding carboxylic acids is 1. The number of benzene rings is 2. The second-order valence-corrected chi connectivity index (χ2v) is 7.40. The predicted molar refractivity (Wildman–Crippen MR) is 112 cm³/mol. The van der Waals surface area contributed by atoms with E-state index in [2.05, 4.69) is 10.6 Å². The Hall–Kier alpha value is -3.57. The minimum absolute atomic E-state index is 0.0542. The molecular weight excluding hydrogens is 408 g/mol. The lowest BCUT2D eigenvalue weighted by Crippen LogP contribution is -2.32. The molecule has 2 aromatic rings. The summed E-state index contributed by atoms with van der Waals surface area (Å²) < 4.78 is 0. The number of nitrogens with zero attached hydrogens (tertiary/aromatic N) is 2. The molecule has 164 valence electrons. The van der Waals surface area contributed by atoms with Crippen molar-refractivity contribution < 1.29 is 24.9 Å². The number of amides is 1. The minimum atomic E-state index is -0.509. The number of fused-ring (bicyclic) bond motifs is 2. The van der Waals surface area contributed by atoms with E-state index in [1.165, 1.54) is 18.2 Å². The zero-order chi connectivity index (χ0) is 22.5. The van der Waals surface area contributed by atoms with E-state index < -0.39 is 15.8 Å². The summed E-state index contributed by atoms with van der Waals surface area (Å²) in [5.41, 5.74) is 3.16. The van der Waals surface area contributed by atoms with Gasteiger partial charge in [0, 0.05) is 49.0 Å². The highest BCUT2D eigenvalue weighted by molar-refractivity contribution is 5.96. The highest BCUT2D eigenvalue weighted by Crippen LogP contribution is 2.29. The summed E-state index contributed by atoms with van der Waals surface area (Å²) in [5.74, 6) is -0.552. The molecule has 1 amide bonds.